The third-order valence-electron chi connectivity index (χ3n) is 4.14. The summed E-state index contributed by atoms with van der Waals surface area (Å²) < 4.78 is 40.1. The van der Waals surface area contributed by atoms with Gasteiger partial charge in [0.2, 0.25) is 5.95 Å². The Bertz CT molecular complexity index is 991. The average Bonchev–Trinajstić information content (AvgIpc) is 3.47. The van der Waals surface area contributed by atoms with Crippen LogP contribution in [0.3, 0.4) is 0 Å². The summed E-state index contributed by atoms with van der Waals surface area (Å²) in [5.74, 6) is 0.520. The minimum Gasteiger partial charge on any atom is -0.351 e. The van der Waals surface area contributed by atoms with Crippen molar-refractivity contribution < 1.29 is 13.2 Å². The molecule has 0 spiro atoms. The number of hydrogen-bond donors (Lipinski definition) is 2. The van der Waals surface area contributed by atoms with Gasteiger partial charge in [0.15, 0.2) is 0 Å². The molecule has 5 nitrogen and oxygen atoms in total. The van der Waals surface area contributed by atoms with Crippen molar-refractivity contribution in [1.29, 1.82) is 0 Å². The summed E-state index contributed by atoms with van der Waals surface area (Å²) in [5.41, 5.74) is -0.0433. The molecule has 0 amide bonds. The highest BCUT2D eigenvalue weighted by molar-refractivity contribution is 6.33. The SMILES string of the molecule is FC(F)(F)c1cccc(Cl)c1Nc1cc(-c2ccccn2)nc(NC2CC2)n1. The van der Waals surface area contributed by atoms with Gasteiger partial charge in [-0.3, -0.25) is 4.98 Å². The predicted molar refractivity (Wildman–Crippen MR) is 102 cm³/mol. The molecule has 1 aliphatic rings. The number of aromatic nitrogens is 3. The first-order valence-electron chi connectivity index (χ1n) is 8.60. The Morgan fingerprint density at radius 2 is 1.82 bits per heavy atom. The van der Waals surface area contributed by atoms with E-state index in [1.165, 1.54) is 12.1 Å². The van der Waals surface area contributed by atoms with E-state index in [0.717, 1.165) is 18.9 Å². The fraction of sp³-hybridized carbons (Fsp3) is 0.211. The van der Waals surface area contributed by atoms with Gasteiger partial charge in [-0.15, -0.1) is 0 Å². The number of nitrogens with one attached hydrogen (secondary N) is 2. The first-order valence-corrected chi connectivity index (χ1v) is 8.98. The molecule has 0 bridgehead atoms. The number of hydrogen-bond acceptors (Lipinski definition) is 5. The van der Waals surface area contributed by atoms with Gasteiger partial charge < -0.3 is 10.6 Å². The van der Waals surface area contributed by atoms with Crippen molar-refractivity contribution in [1.82, 2.24) is 15.0 Å². The molecular formula is C19H15ClF3N5. The Morgan fingerprint density at radius 3 is 2.50 bits per heavy atom. The van der Waals surface area contributed by atoms with Gasteiger partial charge in [-0.25, -0.2) is 4.98 Å². The highest BCUT2D eigenvalue weighted by atomic mass is 35.5. The topological polar surface area (TPSA) is 62.7 Å². The van der Waals surface area contributed by atoms with Crippen molar-refractivity contribution >= 4 is 29.1 Å². The van der Waals surface area contributed by atoms with Gasteiger partial charge in [0.05, 0.1) is 27.7 Å². The van der Waals surface area contributed by atoms with Gasteiger partial charge in [-0.2, -0.15) is 18.2 Å². The normalized spacial score (nSPS) is 14.0. The zero-order chi connectivity index (χ0) is 19.7. The number of para-hydroxylation sites is 1. The third-order valence-corrected chi connectivity index (χ3v) is 4.45. The van der Waals surface area contributed by atoms with Gasteiger partial charge >= 0.3 is 6.18 Å². The highest BCUT2D eigenvalue weighted by Gasteiger charge is 2.34. The second kappa shape index (κ2) is 7.27. The fourth-order valence-electron chi connectivity index (χ4n) is 2.65. The molecule has 2 N–H and O–H groups in total. The quantitative estimate of drug-likeness (QED) is 0.584. The molecule has 1 aromatic carbocycles. The van der Waals surface area contributed by atoms with Crippen molar-refractivity contribution in [2.24, 2.45) is 0 Å². The van der Waals surface area contributed by atoms with Crippen LogP contribution in [0.2, 0.25) is 5.02 Å². The Morgan fingerprint density at radius 1 is 1.00 bits per heavy atom. The van der Waals surface area contributed by atoms with Crippen LogP contribution in [-0.2, 0) is 6.18 Å². The lowest BCUT2D eigenvalue weighted by molar-refractivity contribution is -0.136. The maximum Gasteiger partial charge on any atom is 0.418 e. The molecule has 4 rings (SSSR count). The summed E-state index contributed by atoms with van der Waals surface area (Å²) in [5, 5.41) is 5.84. The summed E-state index contributed by atoms with van der Waals surface area (Å²) in [6.07, 6.45) is -0.932. The van der Waals surface area contributed by atoms with E-state index >= 15 is 0 Å². The first-order chi connectivity index (χ1) is 13.4. The average molecular weight is 406 g/mol. The molecule has 0 aliphatic heterocycles. The van der Waals surface area contributed by atoms with E-state index in [4.69, 9.17) is 11.6 Å². The van der Waals surface area contributed by atoms with Crippen LogP contribution in [0.1, 0.15) is 18.4 Å². The molecule has 144 valence electrons. The van der Waals surface area contributed by atoms with Gasteiger partial charge in [-0.05, 0) is 37.1 Å². The molecule has 1 aliphatic carbocycles. The Balaban J connectivity index is 1.76. The highest BCUT2D eigenvalue weighted by Crippen LogP contribution is 2.40. The second-order valence-corrected chi connectivity index (χ2v) is 6.79. The largest absolute Gasteiger partial charge is 0.418 e. The van der Waals surface area contributed by atoms with Crippen LogP contribution >= 0.6 is 11.6 Å². The Kier molecular flexibility index (Phi) is 4.80. The van der Waals surface area contributed by atoms with Gasteiger partial charge in [0.1, 0.15) is 5.82 Å². The molecular weight excluding hydrogens is 391 g/mol. The fourth-order valence-corrected chi connectivity index (χ4v) is 2.87. The second-order valence-electron chi connectivity index (χ2n) is 6.38. The number of rotatable bonds is 5. The molecule has 2 aromatic heterocycles. The maximum absolute atomic E-state index is 13.4. The first kappa shape index (κ1) is 18.5. The summed E-state index contributed by atoms with van der Waals surface area (Å²) in [6.45, 7) is 0. The minimum absolute atomic E-state index is 0.0514. The maximum atomic E-state index is 13.4. The number of halogens is 4. The van der Waals surface area contributed by atoms with Crippen molar-refractivity contribution in [3.63, 3.8) is 0 Å². The molecule has 0 atom stereocenters. The lowest BCUT2D eigenvalue weighted by Crippen LogP contribution is -2.11. The Labute approximate surface area is 164 Å². The molecule has 1 saturated carbocycles. The van der Waals surface area contributed by atoms with E-state index in [9.17, 15) is 13.2 Å². The number of anilines is 3. The van der Waals surface area contributed by atoms with Crippen LogP contribution < -0.4 is 10.6 Å². The molecule has 28 heavy (non-hydrogen) atoms. The van der Waals surface area contributed by atoms with Crippen molar-refractivity contribution in [3.8, 4) is 11.4 Å². The molecule has 9 heteroatoms. The number of pyridine rings is 1. The van der Waals surface area contributed by atoms with E-state index in [2.05, 4.69) is 25.6 Å². The van der Waals surface area contributed by atoms with Crippen molar-refractivity contribution in [2.75, 3.05) is 10.6 Å². The van der Waals surface area contributed by atoms with Crippen LogP contribution in [0.15, 0.2) is 48.7 Å². The van der Waals surface area contributed by atoms with E-state index < -0.39 is 11.7 Å². The van der Waals surface area contributed by atoms with Crippen LogP contribution in [-0.4, -0.2) is 21.0 Å². The molecule has 0 saturated heterocycles. The lowest BCUT2D eigenvalue weighted by atomic mass is 10.1. The van der Waals surface area contributed by atoms with Crippen LogP contribution in [0.4, 0.5) is 30.6 Å². The van der Waals surface area contributed by atoms with E-state index in [0.29, 0.717) is 17.3 Å². The van der Waals surface area contributed by atoms with Crippen molar-refractivity contribution in [2.45, 2.75) is 25.1 Å². The zero-order valence-electron chi connectivity index (χ0n) is 14.5. The zero-order valence-corrected chi connectivity index (χ0v) is 15.2. The summed E-state index contributed by atoms with van der Waals surface area (Å²) in [4.78, 5) is 13.0. The lowest BCUT2D eigenvalue weighted by Gasteiger charge is -2.16. The van der Waals surface area contributed by atoms with Crippen LogP contribution in [0.25, 0.3) is 11.4 Å². The number of alkyl halides is 3. The van der Waals surface area contributed by atoms with Crippen molar-refractivity contribution in [3.05, 3.63) is 59.2 Å². The van der Waals surface area contributed by atoms with Gasteiger partial charge in [0, 0.05) is 18.3 Å². The molecule has 1 fully saturated rings. The minimum atomic E-state index is -4.56. The standard InChI is InChI=1S/C19H15ClF3N5/c20-13-5-3-4-12(19(21,22)23)17(13)27-16-10-15(14-6-1-2-9-24-14)26-18(28-16)25-11-7-8-11/h1-6,9-11H,7-8H2,(H2,25,26,27,28). The summed E-state index contributed by atoms with van der Waals surface area (Å²) >= 11 is 6.04. The molecule has 3 aromatic rings. The van der Waals surface area contributed by atoms with E-state index in [-0.39, 0.29) is 22.6 Å². The Hall–Kier alpha value is -2.87. The number of nitrogens with zero attached hydrogens (tertiary/aromatic N) is 3. The molecule has 2 heterocycles. The molecule has 0 radical (unpaired) electrons. The summed E-state index contributed by atoms with van der Waals surface area (Å²) in [6, 6.07) is 10.8. The molecule has 0 unspecified atom stereocenters. The monoisotopic (exact) mass is 405 g/mol. The third kappa shape index (κ3) is 4.17. The predicted octanol–water partition coefficient (Wildman–Crippen LogP) is 5.53. The van der Waals surface area contributed by atoms with E-state index in [1.54, 1.807) is 30.5 Å². The van der Waals surface area contributed by atoms with Crippen LogP contribution in [0.5, 0.6) is 0 Å². The number of benzene rings is 1. The summed E-state index contributed by atoms with van der Waals surface area (Å²) in [7, 11) is 0. The van der Waals surface area contributed by atoms with Crippen LogP contribution in [0, 0.1) is 0 Å². The van der Waals surface area contributed by atoms with Gasteiger partial charge in [0.25, 0.3) is 0 Å². The van der Waals surface area contributed by atoms with Gasteiger partial charge in [-0.1, -0.05) is 23.7 Å². The van der Waals surface area contributed by atoms with E-state index in [1.807, 2.05) is 0 Å². The smallest absolute Gasteiger partial charge is 0.351 e.